The number of nitrogens with zero attached hydrogens (tertiary/aromatic N) is 1. The first-order valence-electron chi connectivity index (χ1n) is 4.00. The molecule has 1 aromatic heterocycles. The van der Waals surface area contributed by atoms with E-state index in [-0.39, 0.29) is 6.42 Å². The largest absolute Gasteiger partial charge is 0.481 e. The maximum atomic E-state index is 10.6. The van der Waals surface area contributed by atoms with Crippen LogP contribution in [-0.4, -0.2) is 21.0 Å². The summed E-state index contributed by atoms with van der Waals surface area (Å²) in [5.74, 6) is -0.860. The van der Waals surface area contributed by atoms with E-state index in [2.05, 4.69) is 25.9 Å². The maximum Gasteiger partial charge on any atom is 0.307 e. The number of nitrogens with one attached hydrogen (secondary N) is 1. The van der Waals surface area contributed by atoms with E-state index in [1.165, 1.54) is 0 Å². The van der Waals surface area contributed by atoms with Crippen LogP contribution in [0.1, 0.15) is 5.56 Å². The highest BCUT2D eigenvalue weighted by atomic mass is 79.9. The average molecular weight is 255 g/mol. The zero-order valence-electron chi connectivity index (χ0n) is 7.12. The molecule has 0 radical (unpaired) electrons. The van der Waals surface area contributed by atoms with Crippen LogP contribution in [0.15, 0.2) is 22.9 Å². The second kappa shape index (κ2) is 3.42. The molecule has 0 aliphatic heterocycles. The van der Waals surface area contributed by atoms with Crippen LogP contribution in [0.2, 0.25) is 0 Å². The number of hydrogen-bond donors (Lipinski definition) is 2. The molecule has 0 unspecified atom stereocenters. The molecular formula is C9H7BrN2O2. The Hall–Kier alpha value is -1.36. The van der Waals surface area contributed by atoms with Crippen molar-refractivity contribution in [3.8, 4) is 0 Å². The van der Waals surface area contributed by atoms with Gasteiger partial charge < -0.3 is 10.1 Å². The molecule has 0 bridgehead atoms. The van der Waals surface area contributed by atoms with Gasteiger partial charge in [-0.3, -0.25) is 4.79 Å². The second-order valence-electron chi connectivity index (χ2n) is 2.90. The summed E-state index contributed by atoms with van der Waals surface area (Å²) in [6.07, 6.45) is 1.53. The van der Waals surface area contributed by atoms with Crippen LogP contribution < -0.4 is 0 Å². The summed E-state index contributed by atoms with van der Waals surface area (Å²) in [7, 11) is 0. The number of halogens is 1. The van der Waals surface area contributed by atoms with Gasteiger partial charge in [0.1, 0.15) is 0 Å². The van der Waals surface area contributed by atoms with E-state index in [1.807, 2.05) is 12.1 Å². The van der Waals surface area contributed by atoms with Crippen molar-refractivity contribution in [3.63, 3.8) is 0 Å². The molecule has 0 aliphatic rings. The summed E-state index contributed by atoms with van der Waals surface area (Å²) in [6.45, 7) is 0. The van der Waals surface area contributed by atoms with E-state index in [0.29, 0.717) is 11.1 Å². The highest BCUT2D eigenvalue weighted by Crippen LogP contribution is 2.24. The normalized spacial score (nSPS) is 10.6. The molecular weight excluding hydrogens is 248 g/mol. The third-order valence-corrected chi connectivity index (χ3v) is 2.71. The van der Waals surface area contributed by atoms with Crippen molar-refractivity contribution in [2.75, 3.05) is 0 Å². The van der Waals surface area contributed by atoms with Crippen molar-refractivity contribution in [2.45, 2.75) is 6.42 Å². The van der Waals surface area contributed by atoms with Gasteiger partial charge in [-0.15, -0.1) is 0 Å². The number of hydrogen-bond acceptors (Lipinski definition) is 2. The van der Waals surface area contributed by atoms with E-state index in [1.54, 1.807) is 6.33 Å². The molecule has 1 aromatic carbocycles. The Bertz CT molecular complexity index is 493. The minimum absolute atomic E-state index is 0.0250. The summed E-state index contributed by atoms with van der Waals surface area (Å²) in [5.41, 5.74) is 2.27. The third-order valence-electron chi connectivity index (χ3n) is 1.97. The van der Waals surface area contributed by atoms with Crippen molar-refractivity contribution in [3.05, 3.63) is 28.5 Å². The first-order chi connectivity index (χ1) is 6.68. The summed E-state index contributed by atoms with van der Waals surface area (Å²) < 4.78 is 0.777. The predicted molar refractivity (Wildman–Crippen MR) is 55.1 cm³/mol. The fourth-order valence-corrected chi connectivity index (χ4v) is 1.82. The fraction of sp³-hybridized carbons (Fsp3) is 0.111. The molecule has 14 heavy (non-hydrogen) atoms. The predicted octanol–water partition coefficient (Wildman–Crippen LogP) is 1.95. The highest BCUT2D eigenvalue weighted by molar-refractivity contribution is 9.10. The van der Waals surface area contributed by atoms with Crippen LogP contribution >= 0.6 is 15.9 Å². The van der Waals surface area contributed by atoms with E-state index in [4.69, 9.17) is 5.11 Å². The Morgan fingerprint density at radius 3 is 3.07 bits per heavy atom. The van der Waals surface area contributed by atoms with Crippen molar-refractivity contribution >= 4 is 32.9 Å². The lowest BCUT2D eigenvalue weighted by Gasteiger charge is -2.01. The Balaban J connectivity index is 2.64. The zero-order valence-corrected chi connectivity index (χ0v) is 8.71. The summed E-state index contributed by atoms with van der Waals surface area (Å²) in [4.78, 5) is 17.6. The third kappa shape index (κ3) is 1.50. The SMILES string of the molecule is O=C(O)Cc1c(Br)ccc2[nH]cnc12. The molecule has 0 fully saturated rings. The number of aromatic amines is 1. The number of H-pyrrole nitrogens is 1. The molecule has 0 spiro atoms. The first-order valence-corrected chi connectivity index (χ1v) is 4.80. The zero-order chi connectivity index (χ0) is 10.1. The van der Waals surface area contributed by atoms with E-state index in [0.717, 1.165) is 9.99 Å². The average Bonchev–Trinajstić information content (AvgIpc) is 2.57. The highest BCUT2D eigenvalue weighted by Gasteiger charge is 2.11. The van der Waals surface area contributed by atoms with Crippen LogP contribution in [0.4, 0.5) is 0 Å². The lowest BCUT2D eigenvalue weighted by atomic mass is 10.1. The second-order valence-corrected chi connectivity index (χ2v) is 3.75. The number of carbonyl (C=O) groups is 1. The van der Waals surface area contributed by atoms with Gasteiger partial charge in [-0.1, -0.05) is 15.9 Å². The van der Waals surface area contributed by atoms with Crippen molar-refractivity contribution in [1.82, 2.24) is 9.97 Å². The van der Waals surface area contributed by atoms with Gasteiger partial charge in [0.05, 0.1) is 23.8 Å². The van der Waals surface area contributed by atoms with Crippen LogP contribution in [0.5, 0.6) is 0 Å². The van der Waals surface area contributed by atoms with Crippen LogP contribution in [0.3, 0.4) is 0 Å². The Kier molecular flexibility index (Phi) is 2.25. The van der Waals surface area contributed by atoms with Gasteiger partial charge in [0.2, 0.25) is 0 Å². The van der Waals surface area contributed by atoms with Crippen LogP contribution in [0, 0.1) is 0 Å². The quantitative estimate of drug-likeness (QED) is 0.861. The maximum absolute atomic E-state index is 10.6. The van der Waals surface area contributed by atoms with Gasteiger partial charge >= 0.3 is 5.97 Å². The number of aromatic nitrogens is 2. The van der Waals surface area contributed by atoms with Gasteiger partial charge in [-0.05, 0) is 12.1 Å². The van der Waals surface area contributed by atoms with Gasteiger partial charge in [-0.2, -0.15) is 0 Å². The van der Waals surface area contributed by atoms with Crippen LogP contribution in [0.25, 0.3) is 11.0 Å². The van der Waals surface area contributed by atoms with Gasteiger partial charge in [0.25, 0.3) is 0 Å². The molecule has 0 saturated carbocycles. The number of carboxylic acids is 1. The summed E-state index contributed by atoms with van der Waals surface area (Å²) in [6, 6.07) is 3.68. The topological polar surface area (TPSA) is 66.0 Å². The molecule has 5 heteroatoms. The molecule has 2 rings (SSSR count). The number of fused-ring (bicyclic) bond motifs is 1. The van der Waals surface area contributed by atoms with Gasteiger partial charge in [-0.25, -0.2) is 4.98 Å². The van der Waals surface area contributed by atoms with Crippen molar-refractivity contribution in [2.24, 2.45) is 0 Å². The monoisotopic (exact) mass is 254 g/mol. The molecule has 72 valence electrons. The number of rotatable bonds is 2. The smallest absolute Gasteiger partial charge is 0.307 e. The fourth-order valence-electron chi connectivity index (χ4n) is 1.36. The number of carboxylic acid groups (broad SMARTS) is 1. The molecule has 2 aromatic rings. The summed E-state index contributed by atoms with van der Waals surface area (Å²) >= 11 is 3.31. The van der Waals surface area contributed by atoms with E-state index >= 15 is 0 Å². The molecule has 4 nitrogen and oxygen atoms in total. The molecule has 0 aliphatic carbocycles. The Morgan fingerprint density at radius 1 is 1.57 bits per heavy atom. The Morgan fingerprint density at radius 2 is 2.36 bits per heavy atom. The number of aliphatic carboxylic acids is 1. The standard InChI is InChI=1S/C9H7BrN2O2/c10-6-1-2-7-9(12-4-11-7)5(6)3-8(13)14/h1-2,4H,3H2,(H,11,12)(H,13,14). The van der Waals surface area contributed by atoms with Gasteiger partial charge in [0.15, 0.2) is 0 Å². The van der Waals surface area contributed by atoms with Gasteiger partial charge in [0, 0.05) is 10.0 Å². The van der Waals surface area contributed by atoms with Crippen LogP contribution in [-0.2, 0) is 11.2 Å². The number of benzene rings is 1. The minimum atomic E-state index is -0.860. The van der Waals surface area contributed by atoms with E-state index < -0.39 is 5.97 Å². The molecule has 0 amide bonds. The summed E-state index contributed by atoms with van der Waals surface area (Å²) in [5, 5.41) is 8.73. The Labute approximate surface area is 88.1 Å². The minimum Gasteiger partial charge on any atom is -0.481 e. The molecule has 2 N–H and O–H groups in total. The molecule has 0 saturated heterocycles. The molecule has 1 heterocycles. The van der Waals surface area contributed by atoms with E-state index in [9.17, 15) is 4.79 Å². The lowest BCUT2D eigenvalue weighted by molar-refractivity contribution is -0.136. The first kappa shape index (κ1) is 9.21. The van der Waals surface area contributed by atoms with Crippen molar-refractivity contribution < 1.29 is 9.90 Å². The lowest BCUT2D eigenvalue weighted by Crippen LogP contribution is -2.01. The number of imidazole rings is 1. The molecule has 0 atom stereocenters. The van der Waals surface area contributed by atoms with Crippen molar-refractivity contribution in [1.29, 1.82) is 0 Å².